The maximum absolute atomic E-state index is 3.76. The second-order valence-corrected chi connectivity index (χ2v) is 6.23. The molecule has 1 heteroatoms. The molecule has 19 heavy (non-hydrogen) atoms. The maximum atomic E-state index is 3.76. The third kappa shape index (κ3) is 6.94. The predicted molar refractivity (Wildman–Crippen MR) is 90.4 cm³/mol. The van der Waals surface area contributed by atoms with Gasteiger partial charge in [0.15, 0.2) is 0 Å². The summed E-state index contributed by atoms with van der Waals surface area (Å²) in [5, 5.41) is 1.55. The van der Waals surface area contributed by atoms with Gasteiger partial charge in [0.05, 0.1) is 0 Å². The monoisotopic (exact) mass is 270 g/mol. The summed E-state index contributed by atoms with van der Waals surface area (Å²) < 4.78 is 0. The van der Waals surface area contributed by atoms with Crippen LogP contribution in [0.25, 0.3) is 0 Å². The highest BCUT2D eigenvalue weighted by atomic mass is 31.1. The van der Waals surface area contributed by atoms with Crippen molar-refractivity contribution in [1.29, 1.82) is 0 Å². The van der Waals surface area contributed by atoms with Gasteiger partial charge in [-0.3, -0.25) is 0 Å². The standard InChI is InChI=1S/C18H23P/c1-3-5-7-12-16-19(17-13-8-6-4-2)18-14-10-9-11-15-18/h3-5,7,9-10,12-14,16-17H,1-2,6,8,11,15H2/b7-5-,16-12+,17-13+. The minimum Gasteiger partial charge on any atom is -0.103 e. The first-order valence-electron chi connectivity index (χ1n) is 6.76. The van der Waals surface area contributed by atoms with Crippen LogP contribution in [-0.4, -0.2) is 0 Å². The van der Waals surface area contributed by atoms with E-state index in [0.29, 0.717) is 0 Å². The van der Waals surface area contributed by atoms with Crippen molar-refractivity contribution in [2.45, 2.75) is 25.7 Å². The van der Waals surface area contributed by atoms with Crippen LogP contribution in [0.2, 0.25) is 0 Å². The molecule has 0 amide bonds. The molecule has 0 heterocycles. The highest BCUT2D eigenvalue weighted by Crippen LogP contribution is 2.50. The topological polar surface area (TPSA) is 0 Å². The molecule has 1 atom stereocenters. The molecule has 0 saturated carbocycles. The molecule has 1 aliphatic carbocycles. The molecule has 1 rings (SSSR count). The fraction of sp³-hybridized carbons (Fsp3) is 0.222. The summed E-state index contributed by atoms with van der Waals surface area (Å²) in [6.07, 6.45) is 23.4. The van der Waals surface area contributed by atoms with E-state index >= 15 is 0 Å². The lowest BCUT2D eigenvalue weighted by molar-refractivity contribution is 1.02. The molecule has 1 aliphatic rings. The maximum Gasteiger partial charge on any atom is -0.0234 e. The van der Waals surface area contributed by atoms with Crippen molar-refractivity contribution in [2.24, 2.45) is 0 Å². The Balaban J connectivity index is 2.69. The van der Waals surface area contributed by atoms with E-state index in [1.807, 2.05) is 18.2 Å². The van der Waals surface area contributed by atoms with Crippen LogP contribution in [-0.2, 0) is 0 Å². The van der Waals surface area contributed by atoms with Crippen LogP contribution in [0.3, 0.4) is 0 Å². The SMILES string of the molecule is C=C/C=C\C=C\P(/C=C/CCC=C)C1=CC=CCC1. The number of allylic oxidation sites excluding steroid dienone is 10. The minimum absolute atomic E-state index is 0.283. The number of hydrogen-bond acceptors (Lipinski definition) is 0. The van der Waals surface area contributed by atoms with Gasteiger partial charge < -0.3 is 0 Å². The van der Waals surface area contributed by atoms with Crippen molar-refractivity contribution < 1.29 is 0 Å². The first-order valence-corrected chi connectivity index (χ1v) is 8.24. The summed E-state index contributed by atoms with van der Waals surface area (Å²) >= 11 is 0. The molecule has 0 N–H and O–H groups in total. The zero-order valence-corrected chi connectivity index (χ0v) is 12.4. The average Bonchev–Trinajstić information content (AvgIpc) is 2.46. The van der Waals surface area contributed by atoms with Gasteiger partial charge in [-0.25, -0.2) is 0 Å². The predicted octanol–water partition coefficient (Wildman–Crippen LogP) is 6.44. The molecule has 1 unspecified atom stereocenters. The number of hydrogen-bond donors (Lipinski definition) is 0. The van der Waals surface area contributed by atoms with Crippen LogP contribution in [0.15, 0.2) is 84.8 Å². The molecule has 0 aliphatic heterocycles. The summed E-state index contributed by atoms with van der Waals surface area (Å²) in [5.74, 6) is 4.67. The quantitative estimate of drug-likeness (QED) is 0.206. The smallest absolute Gasteiger partial charge is 0.0234 e. The van der Waals surface area contributed by atoms with E-state index in [-0.39, 0.29) is 7.92 Å². The molecular formula is C18H23P. The highest BCUT2D eigenvalue weighted by Gasteiger charge is 2.07. The molecule has 0 bridgehead atoms. The van der Waals surface area contributed by atoms with Crippen molar-refractivity contribution in [3.8, 4) is 0 Å². The normalized spacial score (nSPS) is 17.2. The van der Waals surface area contributed by atoms with Gasteiger partial charge in [-0.1, -0.05) is 72.9 Å². The summed E-state index contributed by atoms with van der Waals surface area (Å²) in [4.78, 5) is 0. The Morgan fingerprint density at radius 1 is 1.11 bits per heavy atom. The molecule has 0 spiro atoms. The van der Waals surface area contributed by atoms with Crippen LogP contribution in [0.5, 0.6) is 0 Å². The van der Waals surface area contributed by atoms with Crippen LogP contribution < -0.4 is 0 Å². The van der Waals surface area contributed by atoms with Crippen molar-refractivity contribution in [3.63, 3.8) is 0 Å². The molecule has 0 fully saturated rings. The summed E-state index contributed by atoms with van der Waals surface area (Å²) in [6.45, 7) is 7.43. The molecule has 0 nitrogen and oxygen atoms in total. The third-order valence-corrected chi connectivity index (χ3v) is 4.79. The lowest BCUT2D eigenvalue weighted by atomic mass is 10.2. The number of unbranched alkanes of at least 4 members (excludes halogenated alkanes) is 1. The van der Waals surface area contributed by atoms with Crippen LogP contribution >= 0.6 is 7.92 Å². The van der Waals surface area contributed by atoms with Gasteiger partial charge >= 0.3 is 0 Å². The second-order valence-electron chi connectivity index (χ2n) is 4.25. The van der Waals surface area contributed by atoms with E-state index in [4.69, 9.17) is 0 Å². The lowest BCUT2D eigenvalue weighted by Crippen LogP contribution is -1.83. The van der Waals surface area contributed by atoms with E-state index in [1.54, 1.807) is 11.4 Å². The van der Waals surface area contributed by atoms with Crippen molar-refractivity contribution in [2.75, 3.05) is 0 Å². The van der Waals surface area contributed by atoms with Gasteiger partial charge in [-0.15, -0.1) is 6.58 Å². The third-order valence-electron chi connectivity index (χ3n) is 2.73. The summed E-state index contributed by atoms with van der Waals surface area (Å²) in [7, 11) is -0.283. The zero-order valence-electron chi connectivity index (χ0n) is 11.5. The van der Waals surface area contributed by atoms with E-state index < -0.39 is 0 Å². The highest BCUT2D eigenvalue weighted by molar-refractivity contribution is 7.68. The Morgan fingerprint density at radius 2 is 2.00 bits per heavy atom. The van der Waals surface area contributed by atoms with Gasteiger partial charge in [0.1, 0.15) is 0 Å². The molecule has 0 aromatic heterocycles. The zero-order chi connectivity index (χ0) is 13.8. The Bertz CT molecular complexity index is 419. The van der Waals surface area contributed by atoms with Crippen LogP contribution in [0.1, 0.15) is 25.7 Å². The fourth-order valence-corrected chi connectivity index (χ4v) is 3.52. The lowest BCUT2D eigenvalue weighted by Gasteiger charge is -2.15. The second kappa shape index (κ2) is 10.5. The van der Waals surface area contributed by atoms with Crippen LogP contribution in [0.4, 0.5) is 0 Å². The van der Waals surface area contributed by atoms with Gasteiger partial charge in [-0.2, -0.15) is 0 Å². The molecule has 0 saturated heterocycles. The Labute approximate surface area is 119 Å². The number of rotatable bonds is 8. The molecule has 0 aromatic rings. The Morgan fingerprint density at radius 3 is 2.68 bits per heavy atom. The molecule has 100 valence electrons. The fourth-order valence-electron chi connectivity index (χ4n) is 1.73. The largest absolute Gasteiger partial charge is 0.103 e. The van der Waals surface area contributed by atoms with Crippen molar-refractivity contribution in [1.82, 2.24) is 0 Å². The molecule has 0 radical (unpaired) electrons. The van der Waals surface area contributed by atoms with Gasteiger partial charge in [0.2, 0.25) is 0 Å². The van der Waals surface area contributed by atoms with E-state index in [2.05, 4.69) is 55.2 Å². The van der Waals surface area contributed by atoms with Crippen molar-refractivity contribution >= 4 is 7.92 Å². The Hall–Kier alpha value is -1.39. The summed E-state index contributed by atoms with van der Waals surface area (Å²) in [5.41, 5.74) is 0. The van der Waals surface area contributed by atoms with E-state index in [9.17, 15) is 0 Å². The minimum atomic E-state index is -0.283. The van der Waals surface area contributed by atoms with Crippen LogP contribution in [0, 0.1) is 0 Å². The van der Waals surface area contributed by atoms with Gasteiger partial charge in [0.25, 0.3) is 0 Å². The molecular weight excluding hydrogens is 247 g/mol. The van der Waals surface area contributed by atoms with Gasteiger partial charge in [0, 0.05) is 0 Å². The van der Waals surface area contributed by atoms with Crippen molar-refractivity contribution in [3.05, 3.63) is 84.8 Å². The van der Waals surface area contributed by atoms with Gasteiger partial charge in [-0.05, 0) is 38.9 Å². The Kier molecular flexibility index (Phi) is 8.68. The first-order chi connectivity index (χ1) is 9.38. The first kappa shape index (κ1) is 15.7. The molecule has 0 aromatic carbocycles. The van der Waals surface area contributed by atoms with E-state index in [0.717, 1.165) is 12.8 Å². The summed E-state index contributed by atoms with van der Waals surface area (Å²) in [6, 6.07) is 0. The average molecular weight is 270 g/mol. The van der Waals surface area contributed by atoms with E-state index in [1.165, 1.54) is 12.8 Å².